The second-order valence-corrected chi connectivity index (χ2v) is 7.34. The highest BCUT2D eigenvalue weighted by Crippen LogP contribution is 2.26. The molecule has 1 amide bonds. The Morgan fingerprint density at radius 3 is 2.65 bits per heavy atom. The van der Waals surface area contributed by atoms with Crippen molar-refractivity contribution in [3.05, 3.63) is 53.7 Å². The Labute approximate surface area is 154 Å². The number of nitrogens with one attached hydrogen (secondary N) is 1. The number of carbonyl (C=O) groups is 1. The molecule has 8 heteroatoms. The van der Waals surface area contributed by atoms with Gasteiger partial charge >= 0.3 is 6.18 Å². The van der Waals surface area contributed by atoms with E-state index < -0.39 is 12.8 Å². The molecule has 0 bridgehead atoms. The fourth-order valence-corrected chi connectivity index (χ4v) is 3.07. The first kappa shape index (κ1) is 20.1. The van der Waals surface area contributed by atoms with E-state index in [-0.39, 0.29) is 18.3 Å². The molecule has 0 atom stereocenters. The summed E-state index contributed by atoms with van der Waals surface area (Å²) in [6.45, 7) is 2.64. The fourth-order valence-electron chi connectivity index (χ4n) is 2.12. The number of halogens is 3. The van der Waals surface area contributed by atoms with Crippen molar-refractivity contribution in [3.63, 3.8) is 0 Å². The van der Waals surface area contributed by atoms with Gasteiger partial charge in [0.1, 0.15) is 0 Å². The molecule has 1 aromatic heterocycles. The molecule has 1 heterocycles. The number of hydrogen-bond donors (Lipinski definition) is 1. The molecule has 0 aliphatic carbocycles. The van der Waals surface area contributed by atoms with Gasteiger partial charge in [0.2, 0.25) is 5.88 Å². The quantitative estimate of drug-likeness (QED) is 0.717. The molecule has 0 aliphatic heterocycles. The number of hydrogen-bond acceptors (Lipinski definition) is 4. The second-order valence-electron chi connectivity index (χ2n) is 5.72. The maximum absolute atomic E-state index is 12.5. The summed E-state index contributed by atoms with van der Waals surface area (Å²) in [5.41, 5.74) is 0.895. The summed E-state index contributed by atoms with van der Waals surface area (Å²) < 4.78 is 41.7. The van der Waals surface area contributed by atoms with Crippen molar-refractivity contribution in [3.8, 4) is 5.88 Å². The first-order valence-electron chi connectivity index (χ1n) is 7.93. The van der Waals surface area contributed by atoms with Gasteiger partial charge in [0.15, 0.2) is 6.61 Å². The van der Waals surface area contributed by atoms with E-state index in [0.717, 1.165) is 4.90 Å². The Hall–Kier alpha value is -2.22. The minimum Gasteiger partial charge on any atom is -0.468 e. The van der Waals surface area contributed by atoms with Crippen LogP contribution in [0.2, 0.25) is 0 Å². The molecule has 2 aromatic rings. The van der Waals surface area contributed by atoms with E-state index in [0.29, 0.717) is 16.4 Å². The first-order valence-corrected chi connectivity index (χ1v) is 8.81. The minimum absolute atomic E-state index is 0.0144. The minimum atomic E-state index is -4.45. The Kier molecular flexibility index (Phi) is 6.90. The summed E-state index contributed by atoms with van der Waals surface area (Å²) in [5, 5.41) is 3.02. The van der Waals surface area contributed by atoms with Crippen LogP contribution in [0.25, 0.3) is 0 Å². The number of ether oxygens (including phenoxy) is 1. The number of carbonyl (C=O) groups excluding carboxylic acids is 1. The normalized spacial score (nSPS) is 11.5. The van der Waals surface area contributed by atoms with Crippen LogP contribution in [-0.4, -0.2) is 28.9 Å². The van der Waals surface area contributed by atoms with Crippen LogP contribution in [0.1, 0.15) is 29.8 Å². The van der Waals surface area contributed by atoms with Crippen LogP contribution >= 0.6 is 11.8 Å². The van der Waals surface area contributed by atoms with Crippen molar-refractivity contribution in [1.82, 2.24) is 10.3 Å². The fraction of sp³-hybridized carbons (Fsp3) is 0.333. The lowest BCUT2D eigenvalue weighted by Crippen LogP contribution is -2.25. The summed E-state index contributed by atoms with van der Waals surface area (Å²) in [6, 6.07) is 10.3. The Bertz CT molecular complexity index is 751. The topological polar surface area (TPSA) is 51.2 Å². The van der Waals surface area contributed by atoms with E-state index in [1.54, 1.807) is 36.0 Å². The van der Waals surface area contributed by atoms with Crippen molar-refractivity contribution < 1.29 is 22.7 Å². The van der Waals surface area contributed by atoms with Crippen LogP contribution in [0.15, 0.2) is 47.5 Å². The SMILES string of the molecule is CC(C)Sc1ccccc1C(=O)NCc1cccnc1OCC(F)(F)F. The van der Waals surface area contributed by atoms with E-state index in [1.165, 1.54) is 6.20 Å². The van der Waals surface area contributed by atoms with Gasteiger partial charge in [-0.15, -0.1) is 11.8 Å². The molecule has 26 heavy (non-hydrogen) atoms. The van der Waals surface area contributed by atoms with Gasteiger partial charge < -0.3 is 10.1 Å². The molecule has 0 radical (unpaired) electrons. The van der Waals surface area contributed by atoms with Crippen molar-refractivity contribution >= 4 is 17.7 Å². The van der Waals surface area contributed by atoms with Gasteiger partial charge in [-0.2, -0.15) is 13.2 Å². The molecule has 0 spiro atoms. The summed E-state index contributed by atoms with van der Waals surface area (Å²) in [4.78, 5) is 17.1. The van der Waals surface area contributed by atoms with E-state index in [1.807, 2.05) is 26.0 Å². The van der Waals surface area contributed by atoms with Crippen LogP contribution in [0.3, 0.4) is 0 Å². The number of alkyl halides is 3. The molecule has 2 rings (SSSR count). The maximum Gasteiger partial charge on any atom is 0.422 e. The molecule has 140 valence electrons. The number of aromatic nitrogens is 1. The lowest BCUT2D eigenvalue weighted by atomic mass is 10.2. The number of thioether (sulfide) groups is 1. The first-order chi connectivity index (χ1) is 12.3. The Morgan fingerprint density at radius 1 is 1.23 bits per heavy atom. The summed E-state index contributed by atoms with van der Waals surface area (Å²) in [6.07, 6.45) is -3.11. The van der Waals surface area contributed by atoms with E-state index in [9.17, 15) is 18.0 Å². The van der Waals surface area contributed by atoms with Gasteiger partial charge in [-0.05, 0) is 18.2 Å². The number of amides is 1. The van der Waals surface area contributed by atoms with Gasteiger partial charge in [0.25, 0.3) is 5.91 Å². The monoisotopic (exact) mass is 384 g/mol. The number of nitrogens with zero attached hydrogens (tertiary/aromatic N) is 1. The van der Waals surface area contributed by atoms with Crippen molar-refractivity contribution in [2.75, 3.05) is 6.61 Å². The third kappa shape index (κ3) is 6.25. The highest BCUT2D eigenvalue weighted by molar-refractivity contribution is 8.00. The predicted octanol–water partition coefficient (Wildman–Crippen LogP) is 4.45. The molecule has 0 aliphatic rings. The van der Waals surface area contributed by atoms with Gasteiger partial charge in [-0.25, -0.2) is 4.98 Å². The number of rotatable bonds is 7. The molecule has 0 saturated heterocycles. The number of pyridine rings is 1. The maximum atomic E-state index is 12.5. The molecule has 0 saturated carbocycles. The standard InChI is InChI=1S/C18H19F3N2O2S/c1-12(2)26-15-8-4-3-7-14(15)16(24)23-10-13-6-5-9-22-17(13)25-11-18(19,20)21/h3-9,12H,10-11H2,1-2H3,(H,23,24). The number of benzene rings is 1. The predicted molar refractivity (Wildman–Crippen MR) is 94.4 cm³/mol. The molecule has 0 unspecified atom stereocenters. The van der Waals surface area contributed by atoms with Crippen LogP contribution in [0.4, 0.5) is 13.2 Å². The zero-order chi connectivity index (χ0) is 19.2. The van der Waals surface area contributed by atoms with E-state index >= 15 is 0 Å². The summed E-state index contributed by atoms with van der Waals surface area (Å²) in [7, 11) is 0. The summed E-state index contributed by atoms with van der Waals surface area (Å²) in [5.74, 6) is -0.450. The van der Waals surface area contributed by atoms with Gasteiger partial charge in [0.05, 0.1) is 5.56 Å². The smallest absolute Gasteiger partial charge is 0.422 e. The molecule has 1 aromatic carbocycles. The van der Waals surface area contributed by atoms with Crippen LogP contribution in [0, 0.1) is 0 Å². The largest absolute Gasteiger partial charge is 0.468 e. The molecule has 4 nitrogen and oxygen atoms in total. The average Bonchev–Trinajstić information content (AvgIpc) is 2.58. The zero-order valence-corrected chi connectivity index (χ0v) is 15.2. The third-order valence-corrected chi connectivity index (χ3v) is 4.24. The molecule has 1 N–H and O–H groups in total. The molecular formula is C18H19F3N2O2S. The lowest BCUT2D eigenvalue weighted by Gasteiger charge is -2.14. The lowest BCUT2D eigenvalue weighted by molar-refractivity contribution is -0.154. The Balaban J connectivity index is 2.06. The van der Waals surface area contributed by atoms with Crippen LogP contribution < -0.4 is 10.1 Å². The second kappa shape index (κ2) is 8.93. The van der Waals surface area contributed by atoms with Gasteiger partial charge in [0, 0.05) is 28.5 Å². The van der Waals surface area contributed by atoms with Gasteiger partial charge in [-0.1, -0.05) is 32.0 Å². The molecule has 0 fully saturated rings. The average molecular weight is 384 g/mol. The van der Waals surface area contributed by atoms with Crippen molar-refractivity contribution in [2.45, 2.75) is 36.7 Å². The van der Waals surface area contributed by atoms with E-state index in [2.05, 4.69) is 10.3 Å². The zero-order valence-electron chi connectivity index (χ0n) is 14.3. The Morgan fingerprint density at radius 2 is 1.96 bits per heavy atom. The van der Waals surface area contributed by atoms with Gasteiger partial charge in [-0.3, -0.25) is 4.79 Å². The van der Waals surface area contributed by atoms with E-state index in [4.69, 9.17) is 4.74 Å². The van der Waals surface area contributed by atoms with Crippen molar-refractivity contribution in [1.29, 1.82) is 0 Å². The summed E-state index contributed by atoms with van der Waals surface area (Å²) >= 11 is 1.57. The van der Waals surface area contributed by atoms with Crippen LogP contribution in [0.5, 0.6) is 5.88 Å². The third-order valence-electron chi connectivity index (χ3n) is 3.16. The van der Waals surface area contributed by atoms with Crippen molar-refractivity contribution in [2.24, 2.45) is 0 Å². The highest BCUT2D eigenvalue weighted by atomic mass is 32.2. The van der Waals surface area contributed by atoms with Crippen LogP contribution in [-0.2, 0) is 6.54 Å². The highest BCUT2D eigenvalue weighted by Gasteiger charge is 2.29. The molecular weight excluding hydrogens is 365 g/mol.